The second kappa shape index (κ2) is 4.32. The molecule has 1 radical (unpaired) electrons. The molecule has 1 rings (SSSR count). The average molecular weight is 226 g/mol. The van der Waals surface area contributed by atoms with Crippen LogP contribution in [0.1, 0.15) is 16.7 Å². The molecule has 0 unspecified atom stereocenters. The van der Waals surface area contributed by atoms with Crippen LogP contribution in [0.15, 0.2) is 6.07 Å². The van der Waals surface area contributed by atoms with Gasteiger partial charge in [0.25, 0.3) is 0 Å². The van der Waals surface area contributed by atoms with Crippen LogP contribution in [-0.4, -0.2) is 0 Å². The van der Waals surface area contributed by atoms with Gasteiger partial charge in [0, 0.05) is 38.5 Å². The molecule has 0 saturated carbocycles. The topological polar surface area (TPSA) is 0 Å². The molecule has 0 N–H and O–H groups in total. The van der Waals surface area contributed by atoms with Gasteiger partial charge in [0.2, 0.25) is 0 Å². The molecular weight excluding hydrogens is 216 g/mol. The van der Waals surface area contributed by atoms with Gasteiger partial charge in [-0.1, -0.05) is 20.8 Å². The van der Waals surface area contributed by atoms with Crippen molar-refractivity contribution in [2.45, 2.75) is 20.8 Å². The van der Waals surface area contributed by atoms with E-state index in [-0.39, 0.29) is 38.5 Å². The fourth-order valence-corrected chi connectivity index (χ4v) is 0.858. The van der Waals surface area contributed by atoms with E-state index in [0.29, 0.717) is 5.56 Å². The van der Waals surface area contributed by atoms with Crippen LogP contribution in [0.4, 0.5) is 4.39 Å². The normalized spacial score (nSPS) is 9.09. The monoisotopic (exact) mass is 226 g/mol. The molecule has 0 atom stereocenters. The summed E-state index contributed by atoms with van der Waals surface area (Å²) in [6, 6.07) is 4.47. The third-order valence-corrected chi connectivity index (χ3v) is 1.67. The molecule has 0 aliphatic rings. The van der Waals surface area contributed by atoms with Gasteiger partial charge in [0.1, 0.15) is 0 Å². The Labute approximate surface area is 92.1 Å². The van der Waals surface area contributed by atoms with E-state index < -0.39 is 0 Å². The van der Waals surface area contributed by atoms with Crippen LogP contribution < -0.4 is 0 Å². The molecule has 0 aliphatic heterocycles. The Bertz CT molecular complexity index is 206. The Morgan fingerprint density at radius 1 is 1.18 bits per heavy atom. The maximum absolute atomic E-state index is 12.7. The first kappa shape index (κ1) is 11.3. The fraction of sp³-hybridized carbons (Fsp3) is 0.333. The molecule has 0 aromatic heterocycles. The van der Waals surface area contributed by atoms with Crippen molar-refractivity contribution in [2.24, 2.45) is 0 Å². The van der Waals surface area contributed by atoms with Gasteiger partial charge in [-0.05, 0) is 0 Å². The third kappa shape index (κ3) is 2.64. The molecule has 1 aromatic carbocycles. The van der Waals surface area contributed by atoms with Gasteiger partial charge in [-0.25, -0.2) is 4.39 Å². The van der Waals surface area contributed by atoms with Gasteiger partial charge < -0.3 is 0 Å². The summed E-state index contributed by atoms with van der Waals surface area (Å²) in [5.41, 5.74) is 2.66. The summed E-state index contributed by atoms with van der Waals surface area (Å²) in [6.45, 7) is 5.56. The second-order valence-corrected chi connectivity index (χ2v) is 2.57. The number of hydrogen-bond acceptors (Lipinski definition) is 0. The summed E-state index contributed by atoms with van der Waals surface area (Å²) in [5, 5.41) is 0. The maximum atomic E-state index is 12.7. The number of hydrogen-bond donors (Lipinski definition) is 0. The number of rotatable bonds is 0. The minimum Gasteiger partial charge on any atom is -0.236 e. The molecule has 11 heavy (non-hydrogen) atoms. The van der Waals surface area contributed by atoms with Crippen molar-refractivity contribution < 1.29 is 37.1 Å². The van der Waals surface area contributed by atoms with Crippen molar-refractivity contribution in [3.63, 3.8) is 0 Å². The molecule has 0 amide bonds. The molecule has 0 fully saturated rings. The zero-order chi connectivity index (χ0) is 7.72. The van der Waals surface area contributed by atoms with Crippen LogP contribution in [0, 0.1) is 32.7 Å². The molecule has 0 saturated heterocycles. The van der Waals surface area contributed by atoms with Crippen LogP contribution in [0.2, 0.25) is 0 Å². The van der Waals surface area contributed by atoms with E-state index in [9.17, 15) is 4.39 Å². The van der Waals surface area contributed by atoms with Crippen molar-refractivity contribution in [1.82, 2.24) is 0 Å². The number of halogens is 1. The zero-order valence-electron chi connectivity index (χ0n) is 7.03. The van der Waals surface area contributed by atoms with Gasteiger partial charge >= 0.3 is 0 Å². The molecule has 0 bridgehead atoms. The summed E-state index contributed by atoms with van der Waals surface area (Å²) in [6.07, 6.45) is 0. The van der Waals surface area contributed by atoms with E-state index in [1.165, 1.54) is 0 Å². The van der Waals surface area contributed by atoms with Crippen molar-refractivity contribution in [3.05, 3.63) is 34.6 Å². The van der Waals surface area contributed by atoms with E-state index in [1.54, 1.807) is 6.92 Å². The molecular formula is C9H10FY-. The molecule has 0 heterocycles. The minimum atomic E-state index is -0.233. The predicted molar refractivity (Wildman–Crippen MR) is 39.4 cm³/mol. The summed E-state index contributed by atoms with van der Waals surface area (Å²) in [7, 11) is 0. The zero-order valence-corrected chi connectivity index (χ0v) is 9.87. The first-order valence-corrected chi connectivity index (χ1v) is 3.27. The Kier molecular flexibility index (Phi) is 4.42. The summed E-state index contributed by atoms with van der Waals surface area (Å²) in [5.74, 6) is -0.233. The van der Waals surface area contributed by atoms with Crippen molar-refractivity contribution in [3.8, 4) is 0 Å². The van der Waals surface area contributed by atoms with Crippen LogP contribution in [0.5, 0.6) is 0 Å². The van der Waals surface area contributed by atoms with E-state index in [4.69, 9.17) is 0 Å². The largest absolute Gasteiger partial charge is 0.236 e. The van der Waals surface area contributed by atoms with E-state index >= 15 is 0 Å². The number of benzene rings is 1. The van der Waals surface area contributed by atoms with Crippen LogP contribution in [-0.2, 0) is 32.7 Å². The minimum absolute atomic E-state index is 0. The molecule has 0 aliphatic carbocycles. The van der Waals surface area contributed by atoms with E-state index in [2.05, 4.69) is 6.07 Å². The van der Waals surface area contributed by atoms with Gasteiger partial charge in [-0.3, -0.25) is 0 Å². The Morgan fingerprint density at radius 3 is 2.18 bits per heavy atom. The fourth-order valence-electron chi connectivity index (χ4n) is 0.858. The van der Waals surface area contributed by atoms with Crippen LogP contribution >= 0.6 is 0 Å². The van der Waals surface area contributed by atoms with Crippen LogP contribution in [0.3, 0.4) is 0 Å². The van der Waals surface area contributed by atoms with Gasteiger partial charge in [0.15, 0.2) is 0 Å². The van der Waals surface area contributed by atoms with Gasteiger partial charge in [-0.15, -0.1) is 11.6 Å². The number of aryl methyl sites for hydroxylation is 3. The summed E-state index contributed by atoms with van der Waals surface area (Å²) >= 11 is 0. The SMILES string of the molecule is Cc1[c-]c(F)c(C)cc1C.[Y]. The Balaban J connectivity index is 0.000001000. The summed E-state index contributed by atoms with van der Waals surface area (Å²) < 4.78 is 12.7. The first-order valence-electron chi connectivity index (χ1n) is 3.27. The van der Waals surface area contributed by atoms with Crippen molar-refractivity contribution in [1.29, 1.82) is 0 Å². The Morgan fingerprint density at radius 2 is 1.73 bits per heavy atom. The molecule has 1 aromatic rings. The molecule has 0 spiro atoms. The second-order valence-electron chi connectivity index (χ2n) is 2.57. The van der Waals surface area contributed by atoms with Crippen LogP contribution in [0.25, 0.3) is 0 Å². The van der Waals surface area contributed by atoms with E-state index in [0.717, 1.165) is 11.1 Å². The van der Waals surface area contributed by atoms with Crippen molar-refractivity contribution in [2.75, 3.05) is 0 Å². The first-order chi connectivity index (χ1) is 4.61. The smallest absolute Gasteiger partial charge is 0.0140 e. The third-order valence-electron chi connectivity index (χ3n) is 1.67. The maximum Gasteiger partial charge on any atom is 0.0140 e. The van der Waals surface area contributed by atoms with E-state index in [1.807, 2.05) is 19.9 Å². The standard InChI is InChI=1S/C9H10F.Y/c1-6-4-8(3)9(10)5-7(6)2;/h4H,1-3H3;/q-1;. The van der Waals surface area contributed by atoms with Crippen molar-refractivity contribution >= 4 is 0 Å². The molecule has 57 valence electrons. The molecule has 0 nitrogen and oxygen atoms in total. The summed E-state index contributed by atoms with van der Waals surface area (Å²) in [4.78, 5) is 0. The van der Waals surface area contributed by atoms with Gasteiger partial charge in [0.05, 0.1) is 0 Å². The predicted octanol–water partition coefficient (Wildman–Crippen LogP) is 2.55. The van der Waals surface area contributed by atoms with Gasteiger partial charge in [-0.2, -0.15) is 17.2 Å². The quantitative estimate of drug-likeness (QED) is 0.596. The average Bonchev–Trinajstić information content (AvgIpc) is 1.84. The molecule has 2 heteroatoms. The Hall–Kier alpha value is 0.254.